The molecule has 78 valence electrons. The van der Waals surface area contributed by atoms with Crippen LogP contribution in [0.25, 0.3) is 0 Å². The molecule has 14 heavy (non-hydrogen) atoms. The van der Waals surface area contributed by atoms with Crippen LogP contribution < -0.4 is 0 Å². The van der Waals surface area contributed by atoms with Crippen LogP contribution in [-0.2, 0) is 11.8 Å². The number of nitrogens with zero attached hydrogens (tertiary/aromatic N) is 2. The van der Waals surface area contributed by atoms with E-state index < -0.39 is 4.92 Å². The summed E-state index contributed by atoms with van der Waals surface area (Å²) in [4.78, 5) is 15.1. The summed E-state index contributed by atoms with van der Waals surface area (Å²) in [6, 6.07) is 0. The summed E-state index contributed by atoms with van der Waals surface area (Å²) in [6.45, 7) is 7.94. The van der Waals surface area contributed by atoms with E-state index in [1.54, 1.807) is 0 Å². The Kier molecular flexibility index (Phi) is 2.89. The van der Waals surface area contributed by atoms with Crippen molar-refractivity contribution in [2.24, 2.45) is 0 Å². The summed E-state index contributed by atoms with van der Waals surface area (Å²) >= 11 is 1.44. The van der Waals surface area contributed by atoms with Crippen molar-refractivity contribution in [2.75, 3.05) is 0 Å². The molecule has 0 aliphatic rings. The maximum atomic E-state index is 10.7. The SMILES string of the molecule is CCc1sc(C(C)(C)C)nc1[N+](=O)[O-]. The minimum Gasteiger partial charge on any atom is -0.358 e. The van der Waals surface area contributed by atoms with Gasteiger partial charge in [0.05, 0.1) is 0 Å². The molecule has 0 N–H and O–H groups in total. The average molecular weight is 214 g/mol. The predicted molar refractivity (Wildman–Crippen MR) is 56.8 cm³/mol. The van der Waals surface area contributed by atoms with Crippen LogP contribution in [0.15, 0.2) is 0 Å². The van der Waals surface area contributed by atoms with E-state index in [0.717, 1.165) is 9.88 Å². The van der Waals surface area contributed by atoms with Gasteiger partial charge in [0.15, 0.2) is 0 Å². The van der Waals surface area contributed by atoms with Gasteiger partial charge in [0.1, 0.15) is 4.88 Å². The van der Waals surface area contributed by atoms with E-state index in [-0.39, 0.29) is 11.2 Å². The van der Waals surface area contributed by atoms with Crippen LogP contribution >= 0.6 is 11.3 Å². The molecule has 0 amide bonds. The van der Waals surface area contributed by atoms with Crippen molar-refractivity contribution in [3.8, 4) is 0 Å². The monoisotopic (exact) mass is 214 g/mol. The lowest BCUT2D eigenvalue weighted by atomic mass is 9.98. The van der Waals surface area contributed by atoms with Crippen molar-refractivity contribution >= 4 is 17.2 Å². The first-order valence-corrected chi connectivity index (χ1v) is 5.32. The van der Waals surface area contributed by atoms with E-state index in [4.69, 9.17) is 0 Å². The molecule has 0 fully saturated rings. The van der Waals surface area contributed by atoms with Crippen molar-refractivity contribution in [1.82, 2.24) is 4.98 Å². The number of hydrogen-bond acceptors (Lipinski definition) is 4. The van der Waals surface area contributed by atoms with Crippen LogP contribution in [0.3, 0.4) is 0 Å². The number of aromatic nitrogens is 1. The molecular formula is C9H14N2O2S. The zero-order chi connectivity index (χ0) is 10.9. The molecule has 0 spiro atoms. The van der Waals surface area contributed by atoms with Crippen molar-refractivity contribution < 1.29 is 4.92 Å². The van der Waals surface area contributed by atoms with E-state index >= 15 is 0 Å². The fourth-order valence-electron chi connectivity index (χ4n) is 1.04. The molecule has 5 heteroatoms. The van der Waals surface area contributed by atoms with Gasteiger partial charge in [-0.3, -0.25) is 0 Å². The highest BCUT2D eigenvalue weighted by Crippen LogP contribution is 2.33. The molecule has 4 nitrogen and oxygen atoms in total. The standard InChI is InChI=1S/C9H14N2O2S/c1-5-6-7(11(12)13)10-8(14-6)9(2,3)4/h5H2,1-4H3. The molecule has 0 aliphatic heterocycles. The molecule has 0 atom stereocenters. The fraction of sp³-hybridized carbons (Fsp3) is 0.667. The van der Waals surface area contributed by atoms with E-state index in [9.17, 15) is 10.1 Å². The van der Waals surface area contributed by atoms with Gasteiger partial charge in [0, 0.05) is 5.41 Å². The van der Waals surface area contributed by atoms with Gasteiger partial charge in [-0.15, -0.1) is 0 Å². The Balaban J connectivity index is 3.20. The Bertz CT molecular complexity index is 352. The Hall–Kier alpha value is -0.970. The van der Waals surface area contributed by atoms with E-state index in [1.807, 2.05) is 27.7 Å². The van der Waals surface area contributed by atoms with Crippen LogP contribution in [0.4, 0.5) is 5.82 Å². The van der Waals surface area contributed by atoms with Crippen molar-refractivity contribution in [3.63, 3.8) is 0 Å². The van der Waals surface area contributed by atoms with Crippen LogP contribution in [0.1, 0.15) is 37.6 Å². The van der Waals surface area contributed by atoms with Crippen LogP contribution in [-0.4, -0.2) is 9.91 Å². The van der Waals surface area contributed by atoms with Crippen LogP contribution in [0.5, 0.6) is 0 Å². The second kappa shape index (κ2) is 3.65. The van der Waals surface area contributed by atoms with Crippen molar-refractivity contribution in [2.45, 2.75) is 39.5 Å². The molecular weight excluding hydrogens is 200 g/mol. The third-order valence-corrected chi connectivity index (χ3v) is 3.43. The molecule has 0 aromatic carbocycles. The molecule has 1 aromatic heterocycles. The third-order valence-electron chi connectivity index (χ3n) is 1.81. The second-order valence-corrected chi connectivity index (χ2v) is 5.21. The van der Waals surface area contributed by atoms with Gasteiger partial charge < -0.3 is 10.1 Å². The maximum absolute atomic E-state index is 10.7. The first-order valence-electron chi connectivity index (χ1n) is 4.50. The van der Waals surface area contributed by atoms with E-state index in [2.05, 4.69) is 4.98 Å². The highest BCUT2D eigenvalue weighted by Gasteiger charge is 2.29. The summed E-state index contributed by atoms with van der Waals surface area (Å²) in [7, 11) is 0. The zero-order valence-corrected chi connectivity index (χ0v) is 9.64. The normalized spacial score (nSPS) is 11.7. The molecule has 0 unspecified atom stereocenters. The Morgan fingerprint density at radius 1 is 1.50 bits per heavy atom. The lowest BCUT2D eigenvalue weighted by molar-refractivity contribution is -0.389. The van der Waals surface area contributed by atoms with Gasteiger partial charge in [0.2, 0.25) is 5.01 Å². The van der Waals surface area contributed by atoms with Gasteiger partial charge >= 0.3 is 5.82 Å². The molecule has 1 aromatic rings. The minimum atomic E-state index is -0.398. The van der Waals surface area contributed by atoms with Crippen molar-refractivity contribution in [1.29, 1.82) is 0 Å². The molecule has 1 heterocycles. The van der Waals surface area contributed by atoms with Gasteiger partial charge in [-0.25, -0.2) is 0 Å². The Morgan fingerprint density at radius 3 is 2.36 bits per heavy atom. The lowest BCUT2D eigenvalue weighted by Crippen LogP contribution is -2.10. The number of hydrogen-bond donors (Lipinski definition) is 0. The second-order valence-electron chi connectivity index (χ2n) is 4.13. The first kappa shape index (κ1) is 11.1. The topological polar surface area (TPSA) is 56.0 Å². The van der Waals surface area contributed by atoms with Gasteiger partial charge in [-0.1, -0.05) is 39.0 Å². The summed E-state index contributed by atoms with van der Waals surface area (Å²) in [6.07, 6.45) is 0.671. The highest BCUT2D eigenvalue weighted by atomic mass is 32.1. The predicted octanol–water partition coefficient (Wildman–Crippen LogP) is 2.91. The maximum Gasteiger partial charge on any atom is 0.377 e. The minimum absolute atomic E-state index is 0.0300. The lowest BCUT2D eigenvalue weighted by Gasteiger charge is -2.09. The highest BCUT2D eigenvalue weighted by molar-refractivity contribution is 7.12. The van der Waals surface area contributed by atoms with E-state index in [1.165, 1.54) is 11.3 Å². The van der Waals surface area contributed by atoms with Crippen molar-refractivity contribution in [3.05, 3.63) is 20.0 Å². The molecule has 0 bridgehead atoms. The fourth-order valence-corrected chi connectivity index (χ4v) is 2.06. The zero-order valence-electron chi connectivity index (χ0n) is 8.83. The summed E-state index contributed by atoms with van der Waals surface area (Å²) in [5.41, 5.74) is -0.108. The summed E-state index contributed by atoms with van der Waals surface area (Å²) in [5, 5.41) is 11.5. The van der Waals surface area contributed by atoms with E-state index in [0.29, 0.717) is 6.42 Å². The molecule has 0 saturated heterocycles. The Labute approximate surface area is 87.1 Å². The number of thiazole rings is 1. The number of aryl methyl sites for hydroxylation is 1. The summed E-state index contributed by atoms with van der Waals surface area (Å²) in [5.74, 6) is 0.0300. The molecule has 1 rings (SSSR count). The number of nitro groups is 1. The molecule has 0 radical (unpaired) electrons. The Morgan fingerprint density at radius 2 is 2.07 bits per heavy atom. The van der Waals surface area contributed by atoms with Gasteiger partial charge in [-0.2, -0.15) is 0 Å². The molecule has 0 saturated carbocycles. The van der Waals surface area contributed by atoms with Crippen LogP contribution in [0.2, 0.25) is 0 Å². The molecule has 0 aliphatic carbocycles. The first-order chi connectivity index (χ1) is 6.36. The largest absolute Gasteiger partial charge is 0.377 e. The third kappa shape index (κ3) is 2.09. The van der Waals surface area contributed by atoms with Crippen LogP contribution in [0, 0.1) is 10.1 Å². The quantitative estimate of drug-likeness (QED) is 0.561. The number of rotatable bonds is 2. The average Bonchev–Trinajstić information content (AvgIpc) is 2.45. The van der Waals surface area contributed by atoms with Gasteiger partial charge in [-0.05, 0) is 16.3 Å². The van der Waals surface area contributed by atoms with Gasteiger partial charge in [0.25, 0.3) is 0 Å². The summed E-state index contributed by atoms with van der Waals surface area (Å²) < 4.78 is 0. The smallest absolute Gasteiger partial charge is 0.358 e.